The van der Waals surface area contributed by atoms with E-state index in [1.807, 2.05) is 6.07 Å². The maximum absolute atomic E-state index is 5.92. The second kappa shape index (κ2) is 7.79. The average Bonchev–Trinajstić information content (AvgIpc) is 2.56. The molecule has 23 heavy (non-hydrogen) atoms. The van der Waals surface area contributed by atoms with Gasteiger partial charge in [-0.05, 0) is 32.4 Å². The minimum absolute atomic E-state index is 0.331. The van der Waals surface area contributed by atoms with Crippen LogP contribution in [0.2, 0.25) is 0 Å². The zero-order chi connectivity index (χ0) is 16.1. The second-order valence-corrected chi connectivity index (χ2v) is 6.35. The highest BCUT2D eigenvalue weighted by molar-refractivity contribution is 5.53. The number of nitrogens with one attached hydrogen (secondary N) is 1. The van der Waals surface area contributed by atoms with E-state index < -0.39 is 0 Å². The molecule has 0 radical (unpaired) electrons. The van der Waals surface area contributed by atoms with Crippen LogP contribution in [-0.2, 0) is 4.74 Å². The first-order valence-corrected chi connectivity index (χ1v) is 8.70. The average molecular weight is 320 g/mol. The maximum atomic E-state index is 5.92. The number of aromatic nitrogens is 2. The van der Waals surface area contributed by atoms with Gasteiger partial charge in [-0.15, -0.1) is 0 Å². The van der Waals surface area contributed by atoms with Crippen molar-refractivity contribution in [1.29, 1.82) is 0 Å². The van der Waals surface area contributed by atoms with Crippen LogP contribution < -0.4 is 16.0 Å². The van der Waals surface area contributed by atoms with Crippen molar-refractivity contribution < 1.29 is 4.74 Å². The van der Waals surface area contributed by atoms with Gasteiger partial charge in [0.2, 0.25) is 5.95 Å². The molecule has 7 nitrogen and oxygen atoms in total. The van der Waals surface area contributed by atoms with Crippen molar-refractivity contribution in [2.45, 2.75) is 32.2 Å². The van der Waals surface area contributed by atoms with Gasteiger partial charge in [0.25, 0.3) is 0 Å². The summed E-state index contributed by atoms with van der Waals surface area (Å²) in [4.78, 5) is 13.5. The molecule has 2 aliphatic rings. The highest BCUT2D eigenvalue weighted by Gasteiger charge is 2.20. The number of rotatable bonds is 5. The predicted molar refractivity (Wildman–Crippen MR) is 92.9 cm³/mol. The van der Waals surface area contributed by atoms with Crippen LogP contribution in [0.5, 0.6) is 0 Å². The molecule has 0 aliphatic carbocycles. The van der Waals surface area contributed by atoms with E-state index in [1.54, 1.807) is 0 Å². The van der Waals surface area contributed by atoms with Crippen LogP contribution >= 0.6 is 0 Å². The molecule has 1 aromatic rings. The fourth-order valence-corrected chi connectivity index (χ4v) is 3.38. The lowest BCUT2D eigenvalue weighted by Gasteiger charge is -2.33. The molecule has 7 heteroatoms. The van der Waals surface area contributed by atoms with Crippen LogP contribution in [0.1, 0.15) is 26.2 Å². The van der Waals surface area contributed by atoms with Gasteiger partial charge in [0.05, 0.1) is 13.2 Å². The van der Waals surface area contributed by atoms with Crippen LogP contribution in [0.3, 0.4) is 0 Å². The number of hydrogen-bond donors (Lipinski definition) is 2. The number of morpholine rings is 1. The molecular formula is C16H28N6O. The summed E-state index contributed by atoms with van der Waals surface area (Å²) in [6.45, 7) is 8.86. The van der Waals surface area contributed by atoms with Gasteiger partial charge in [-0.25, -0.2) is 0 Å². The highest BCUT2D eigenvalue weighted by atomic mass is 16.5. The van der Waals surface area contributed by atoms with E-state index in [-0.39, 0.29) is 0 Å². The zero-order valence-electron chi connectivity index (χ0n) is 14.0. The summed E-state index contributed by atoms with van der Waals surface area (Å²) in [7, 11) is 0. The van der Waals surface area contributed by atoms with Crippen molar-refractivity contribution in [3.63, 3.8) is 0 Å². The van der Waals surface area contributed by atoms with Crippen molar-refractivity contribution >= 4 is 17.6 Å². The topological polar surface area (TPSA) is 79.5 Å². The Labute approximate surface area is 138 Å². The lowest BCUT2D eigenvalue weighted by Crippen LogP contribution is -2.42. The third-order valence-electron chi connectivity index (χ3n) is 4.46. The van der Waals surface area contributed by atoms with Gasteiger partial charge in [0, 0.05) is 31.7 Å². The van der Waals surface area contributed by atoms with Gasteiger partial charge in [-0.3, -0.25) is 0 Å². The van der Waals surface area contributed by atoms with Gasteiger partial charge in [0.15, 0.2) is 0 Å². The van der Waals surface area contributed by atoms with E-state index in [1.165, 1.54) is 32.4 Å². The predicted octanol–water partition coefficient (Wildman–Crippen LogP) is 1.18. The third-order valence-corrected chi connectivity index (χ3v) is 4.46. The van der Waals surface area contributed by atoms with E-state index in [4.69, 9.17) is 10.5 Å². The van der Waals surface area contributed by atoms with Crippen LogP contribution in [-0.4, -0.2) is 66.8 Å². The van der Waals surface area contributed by atoms with Crippen molar-refractivity contribution in [1.82, 2.24) is 14.9 Å². The molecule has 0 bridgehead atoms. The largest absolute Gasteiger partial charge is 0.378 e. The van der Waals surface area contributed by atoms with E-state index in [2.05, 4.69) is 32.0 Å². The quantitative estimate of drug-likeness (QED) is 0.843. The standard InChI is InChI=1S/C16H28N6O/c1-2-5-21-6-3-4-13(12-21)18-14-11-15(20-16(17)19-14)22-7-9-23-10-8-22/h11,13H,2-10,12H2,1H3,(H3,17,18,19,20). The lowest BCUT2D eigenvalue weighted by molar-refractivity contribution is 0.122. The Bertz CT molecular complexity index is 503. The maximum Gasteiger partial charge on any atom is 0.223 e. The molecule has 0 aromatic carbocycles. The molecule has 3 rings (SSSR count). The Hall–Kier alpha value is -1.60. The Kier molecular flexibility index (Phi) is 5.51. The molecule has 3 N–H and O–H groups in total. The summed E-state index contributed by atoms with van der Waals surface area (Å²) in [6, 6.07) is 2.45. The summed E-state index contributed by atoms with van der Waals surface area (Å²) < 4.78 is 5.40. The Balaban J connectivity index is 1.66. The number of hydrogen-bond acceptors (Lipinski definition) is 7. The number of anilines is 3. The van der Waals surface area contributed by atoms with E-state index in [9.17, 15) is 0 Å². The number of nitrogen functional groups attached to an aromatic ring is 1. The summed E-state index contributed by atoms with van der Waals surface area (Å²) in [6.07, 6.45) is 3.61. The number of likely N-dealkylation sites (tertiary alicyclic amines) is 1. The molecule has 0 spiro atoms. The van der Waals surface area contributed by atoms with Crippen LogP contribution in [0.25, 0.3) is 0 Å². The molecule has 0 amide bonds. The van der Waals surface area contributed by atoms with Gasteiger partial charge in [-0.2, -0.15) is 9.97 Å². The normalized spacial score (nSPS) is 23.0. The molecule has 1 aromatic heterocycles. The van der Waals surface area contributed by atoms with E-state index in [0.717, 1.165) is 44.5 Å². The van der Waals surface area contributed by atoms with Crippen molar-refractivity contribution in [2.75, 3.05) is 61.9 Å². The summed E-state index contributed by atoms with van der Waals surface area (Å²) in [5.41, 5.74) is 5.92. The zero-order valence-corrected chi connectivity index (χ0v) is 14.0. The smallest absolute Gasteiger partial charge is 0.223 e. The first-order chi connectivity index (χ1) is 11.2. The first-order valence-electron chi connectivity index (χ1n) is 8.70. The lowest BCUT2D eigenvalue weighted by atomic mass is 10.1. The van der Waals surface area contributed by atoms with Gasteiger partial charge >= 0.3 is 0 Å². The van der Waals surface area contributed by atoms with Gasteiger partial charge in [0.1, 0.15) is 11.6 Å². The molecule has 2 fully saturated rings. The number of nitrogens with zero attached hydrogens (tertiary/aromatic N) is 4. The highest BCUT2D eigenvalue weighted by Crippen LogP contribution is 2.21. The second-order valence-electron chi connectivity index (χ2n) is 6.35. The van der Waals surface area contributed by atoms with Crippen LogP contribution in [0.4, 0.5) is 17.6 Å². The van der Waals surface area contributed by atoms with Crippen molar-refractivity contribution in [3.05, 3.63) is 6.07 Å². The monoisotopic (exact) mass is 320 g/mol. The minimum Gasteiger partial charge on any atom is -0.378 e. The Morgan fingerprint density at radius 3 is 2.91 bits per heavy atom. The molecule has 3 heterocycles. The summed E-state index contributed by atoms with van der Waals surface area (Å²) >= 11 is 0. The number of piperidine rings is 1. The van der Waals surface area contributed by atoms with Crippen molar-refractivity contribution in [3.8, 4) is 0 Å². The first kappa shape index (κ1) is 16.3. The molecule has 2 saturated heterocycles. The third kappa shape index (κ3) is 4.45. The van der Waals surface area contributed by atoms with Gasteiger partial charge in [-0.1, -0.05) is 6.92 Å². The molecule has 1 atom stereocenters. The SMILES string of the molecule is CCCN1CCCC(Nc2cc(N3CCOCC3)nc(N)n2)C1. The fourth-order valence-electron chi connectivity index (χ4n) is 3.38. The van der Waals surface area contributed by atoms with Crippen LogP contribution in [0, 0.1) is 0 Å². The molecule has 0 saturated carbocycles. The summed E-state index contributed by atoms with van der Waals surface area (Å²) in [5.74, 6) is 2.06. The Morgan fingerprint density at radius 2 is 2.13 bits per heavy atom. The fraction of sp³-hybridized carbons (Fsp3) is 0.750. The molecule has 2 aliphatic heterocycles. The molecule has 1 unspecified atom stereocenters. The van der Waals surface area contributed by atoms with Crippen LogP contribution in [0.15, 0.2) is 6.07 Å². The minimum atomic E-state index is 0.331. The molecule has 128 valence electrons. The number of nitrogens with two attached hydrogens (primary N) is 1. The van der Waals surface area contributed by atoms with Crippen molar-refractivity contribution in [2.24, 2.45) is 0 Å². The van der Waals surface area contributed by atoms with E-state index >= 15 is 0 Å². The molecular weight excluding hydrogens is 292 g/mol. The number of ether oxygens (including phenoxy) is 1. The summed E-state index contributed by atoms with van der Waals surface area (Å²) in [5, 5.41) is 3.56. The van der Waals surface area contributed by atoms with Gasteiger partial charge < -0.3 is 25.6 Å². The van der Waals surface area contributed by atoms with E-state index in [0.29, 0.717) is 12.0 Å². The Morgan fingerprint density at radius 1 is 1.30 bits per heavy atom.